The molecule has 0 atom stereocenters. The van der Waals surface area contributed by atoms with Crippen molar-refractivity contribution in [3.63, 3.8) is 0 Å². The zero-order valence-corrected chi connectivity index (χ0v) is 12.6. The van der Waals surface area contributed by atoms with Crippen LogP contribution in [-0.2, 0) is 9.59 Å². The highest BCUT2D eigenvalue weighted by Crippen LogP contribution is 2.41. The summed E-state index contributed by atoms with van der Waals surface area (Å²) >= 11 is 0. The molecule has 0 aromatic rings. The molecule has 0 radical (unpaired) electrons. The van der Waals surface area contributed by atoms with Crippen LogP contribution in [0.4, 0.5) is 0 Å². The lowest BCUT2D eigenvalue weighted by Gasteiger charge is -2.09. The van der Waals surface area contributed by atoms with E-state index in [1.807, 2.05) is 13.8 Å². The third-order valence-corrected chi connectivity index (χ3v) is 5.50. The van der Waals surface area contributed by atoms with Crippen LogP contribution in [0.3, 0.4) is 0 Å². The smallest absolute Gasteiger partial charge is 0.332 e. The molecule has 0 rings (SSSR count). The zero-order chi connectivity index (χ0) is 14.3. The Bertz CT molecular complexity index is 359. The molecule has 0 spiro atoms. The number of hydrogen-bond donors (Lipinski definition) is 2. The average molecular weight is 290 g/mol. The molecule has 6 heteroatoms. The van der Waals surface area contributed by atoms with Gasteiger partial charge in [-0.1, -0.05) is 35.4 Å². The van der Waals surface area contributed by atoms with E-state index in [1.165, 1.54) is 21.6 Å². The second-order valence-electron chi connectivity index (χ2n) is 3.58. The van der Waals surface area contributed by atoms with Crippen LogP contribution in [0.1, 0.15) is 40.5 Å². The van der Waals surface area contributed by atoms with E-state index in [-0.39, 0.29) is 0 Å². The molecule has 0 fully saturated rings. The standard InChI is InChI=1S/C12H18O4S2/c1-5-9(7(3)11(13)14)17-18-10(6-2)8(4)12(15)16/h5-6H2,1-4H3,(H,13,14)(H,15,16). The van der Waals surface area contributed by atoms with Crippen molar-refractivity contribution < 1.29 is 19.8 Å². The topological polar surface area (TPSA) is 74.6 Å². The van der Waals surface area contributed by atoms with Crippen molar-refractivity contribution in [2.45, 2.75) is 40.5 Å². The van der Waals surface area contributed by atoms with Crippen LogP contribution in [0.15, 0.2) is 21.0 Å². The predicted octanol–water partition coefficient (Wildman–Crippen LogP) is 3.91. The van der Waals surface area contributed by atoms with E-state index in [0.29, 0.717) is 24.0 Å². The molecule has 0 aliphatic carbocycles. The van der Waals surface area contributed by atoms with Gasteiger partial charge in [-0.05, 0) is 26.7 Å². The molecule has 18 heavy (non-hydrogen) atoms. The number of aliphatic carboxylic acids is 2. The van der Waals surface area contributed by atoms with Gasteiger partial charge in [0.15, 0.2) is 0 Å². The van der Waals surface area contributed by atoms with Gasteiger partial charge in [-0.3, -0.25) is 0 Å². The Hall–Kier alpha value is -0.880. The molecule has 4 nitrogen and oxygen atoms in total. The van der Waals surface area contributed by atoms with Crippen LogP contribution in [-0.4, -0.2) is 22.2 Å². The number of carboxylic acid groups (broad SMARTS) is 2. The van der Waals surface area contributed by atoms with Crippen LogP contribution in [0.2, 0.25) is 0 Å². The third kappa shape index (κ3) is 5.18. The maximum absolute atomic E-state index is 10.9. The Kier molecular flexibility index (Phi) is 7.86. The lowest BCUT2D eigenvalue weighted by molar-refractivity contribution is -0.133. The molecule has 0 aromatic heterocycles. The Morgan fingerprint density at radius 2 is 1.11 bits per heavy atom. The molecule has 0 aliphatic rings. The molecule has 0 bridgehead atoms. The number of rotatable bonds is 7. The molecule has 0 saturated heterocycles. The van der Waals surface area contributed by atoms with E-state index in [0.717, 1.165) is 9.81 Å². The maximum atomic E-state index is 10.9. The third-order valence-electron chi connectivity index (χ3n) is 2.36. The van der Waals surface area contributed by atoms with Gasteiger partial charge in [-0.25, -0.2) is 9.59 Å². The Morgan fingerprint density at radius 3 is 1.28 bits per heavy atom. The van der Waals surface area contributed by atoms with E-state index in [2.05, 4.69) is 0 Å². The summed E-state index contributed by atoms with van der Waals surface area (Å²) in [6, 6.07) is 0. The first-order chi connectivity index (χ1) is 8.34. The van der Waals surface area contributed by atoms with Crippen molar-refractivity contribution in [1.82, 2.24) is 0 Å². The summed E-state index contributed by atoms with van der Waals surface area (Å²) in [5, 5.41) is 17.8. The summed E-state index contributed by atoms with van der Waals surface area (Å²) in [5.74, 6) is -1.87. The molecule has 0 unspecified atom stereocenters. The molecular weight excluding hydrogens is 272 g/mol. The molecule has 0 aliphatic heterocycles. The summed E-state index contributed by atoms with van der Waals surface area (Å²) in [4.78, 5) is 23.3. The molecular formula is C12H18O4S2. The number of carbonyl (C=O) groups is 2. The minimum atomic E-state index is -0.933. The fourth-order valence-electron chi connectivity index (χ4n) is 1.11. The summed E-state index contributed by atoms with van der Waals surface area (Å²) in [7, 11) is 2.66. The lowest BCUT2D eigenvalue weighted by atomic mass is 10.2. The largest absolute Gasteiger partial charge is 0.478 e. The molecule has 102 valence electrons. The number of allylic oxidation sites excluding steroid dienone is 2. The van der Waals surface area contributed by atoms with Crippen molar-refractivity contribution in [1.29, 1.82) is 0 Å². The normalized spacial score (nSPS) is 13.8. The first-order valence-corrected chi connectivity index (χ1v) is 7.70. The van der Waals surface area contributed by atoms with E-state index < -0.39 is 11.9 Å². The molecule has 2 N–H and O–H groups in total. The second-order valence-corrected chi connectivity index (χ2v) is 5.90. The molecule has 0 amide bonds. The second kappa shape index (κ2) is 8.26. The van der Waals surface area contributed by atoms with E-state index in [9.17, 15) is 9.59 Å². The van der Waals surface area contributed by atoms with Crippen molar-refractivity contribution >= 4 is 33.5 Å². The fraction of sp³-hybridized carbons (Fsp3) is 0.500. The monoisotopic (exact) mass is 290 g/mol. The minimum Gasteiger partial charge on any atom is -0.478 e. The van der Waals surface area contributed by atoms with Crippen LogP contribution < -0.4 is 0 Å². The first kappa shape index (κ1) is 17.1. The molecule has 0 heterocycles. The maximum Gasteiger partial charge on any atom is 0.332 e. The highest BCUT2D eigenvalue weighted by atomic mass is 33.1. The highest BCUT2D eigenvalue weighted by molar-refractivity contribution is 8.79. The van der Waals surface area contributed by atoms with Crippen molar-refractivity contribution in [3.05, 3.63) is 21.0 Å². The van der Waals surface area contributed by atoms with E-state index in [1.54, 1.807) is 13.8 Å². The van der Waals surface area contributed by atoms with Gasteiger partial charge in [0.1, 0.15) is 0 Å². The van der Waals surface area contributed by atoms with Crippen LogP contribution in [0.25, 0.3) is 0 Å². The Morgan fingerprint density at radius 1 is 0.833 bits per heavy atom. The number of carboxylic acids is 2. The van der Waals surface area contributed by atoms with Crippen LogP contribution in [0.5, 0.6) is 0 Å². The van der Waals surface area contributed by atoms with Crippen molar-refractivity contribution in [2.75, 3.05) is 0 Å². The highest BCUT2D eigenvalue weighted by Gasteiger charge is 2.13. The van der Waals surface area contributed by atoms with Gasteiger partial charge in [0.25, 0.3) is 0 Å². The van der Waals surface area contributed by atoms with E-state index in [4.69, 9.17) is 10.2 Å². The Labute approximate surface area is 115 Å². The summed E-state index contributed by atoms with van der Waals surface area (Å²) < 4.78 is 0. The van der Waals surface area contributed by atoms with Crippen molar-refractivity contribution in [3.8, 4) is 0 Å². The van der Waals surface area contributed by atoms with Gasteiger partial charge >= 0.3 is 11.9 Å². The molecule has 0 aromatic carbocycles. The first-order valence-electron chi connectivity index (χ1n) is 5.55. The summed E-state index contributed by atoms with van der Waals surface area (Å²) in [5.41, 5.74) is 0.636. The van der Waals surface area contributed by atoms with Gasteiger partial charge in [0.2, 0.25) is 0 Å². The SMILES string of the molecule is CCC(SSC(CC)=C(C)C(=O)O)=C(C)C(=O)O. The van der Waals surface area contributed by atoms with Gasteiger partial charge < -0.3 is 10.2 Å². The summed E-state index contributed by atoms with van der Waals surface area (Å²) in [6.45, 7) is 6.89. The zero-order valence-electron chi connectivity index (χ0n) is 10.9. The summed E-state index contributed by atoms with van der Waals surface area (Å²) in [6.07, 6.45) is 1.25. The number of hydrogen-bond acceptors (Lipinski definition) is 4. The fourth-order valence-corrected chi connectivity index (χ4v) is 4.03. The van der Waals surface area contributed by atoms with Gasteiger partial charge in [0, 0.05) is 21.0 Å². The Balaban J connectivity index is 4.93. The van der Waals surface area contributed by atoms with Gasteiger partial charge in [-0.2, -0.15) is 0 Å². The van der Waals surface area contributed by atoms with Crippen LogP contribution >= 0.6 is 21.6 Å². The van der Waals surface area contributed by atoms with Gasteiger partial charge in [-0.15, -0.1) is 0 Å². The lowest BCUT2D eigenvalue weighted by Crippen LogP contribution is -2.00. The average Bonchev–Trinajstić information content (AvgIpc) is 2.33. The van der Waals surface area contributed by atoms with Crippen LogP contribution in [0, 0.1) is 0 Å². The predicted molar refractivity (Wildman–Crippen MR) is 76.4 cm³/mol. The quantitative estimate of drug-likeness (QED) is 0.547. The van der Waals surface area contributed by atoms with Crippen molar-refractivity contribution in [2.24, 2.45) is 0 Å². The van der Waals surface area contributed by atoms with Gasteiger partial charge in [0.05, 0.1) is 0 Å². The molecule has 0 saturated carbocycles. The van der Waals surface area contributed by atoms with E-state index >= 15 is 0 Å². The minimum absolute atomic E-state index is 0.318.